The minimum atomic E-state index is -3.57. The van der Waals surface area contributed by atoms with Gasteiger partial charge in [0.15, 0.2) is 0 Å². The maximum absolute atomic E-state index is 12.6. The number of benzene rings is 2. The molecule has 31 heavy (non-hydrogen) atoms. The van der Waals surface area contributed by atoms with E-state index in [-0.39, 0.29) is 22.9 Å². The fourth-order valence-corrected chi connectivity index (χ4v) is 4.82. The van der Waals surface area contributed by atoms with E-state index in [1.807, 2.05) is 19.1 Å². The number of carbonyl (C=O) groups excluding carboxylic acids is 1. The molecule has 168 valence electrons. The summed E-state index contributed by atoms with van der Waals surface area (Å²) in [7, 11) is -1.43. The number of anilines is 1. The second-order valence-electron chi connectivity index (χ2n) is 8.38. The molecule has 3 rings (SSSR count). The average Bonchev–Trinajstić information content (AvgIpc) is 2.73. The van der Waals surface area contributed by atoms with Crippen molar-refractivity contribution in [3.63, 3.8) is 0 Å². The lowest BCUT2D eigenvalue weighted by Crippen LogP contribution is -2.44. The minimum Gasteiger partial charge on any atom is -0.369 e. The van der Waals surface area contributed by atoms with Crippen LogP contribution in [-0.2, 0) is 10.0 Å². The summed E-state index contributed by atoms with van der Waals surface area (Å²) >= 11 is 0. The van der Waals surface area contributed by atoms with Gasteiger partial charge in [-0.25, -0.2) is 13.1 Å². The second-order valence-corrected chi connectivity index (χ2v) is 10.1. The number of nitrogens with zero attached hydrogens (tertiary/aromatic N) is 2. The second kappa shape index (κ2) is 9.80. The summed E-state index contributed by atoms with van der Waals surface area (Å²) in [5.41, 5.74) is 2.64. The molecule has 0 radical (unpaired) electrons. The molecule has 0 aromatic heterocycles. The Labute approximate surface area is 185 Å². The van der Waals surface area contributed by atoms with Crippen LogP contribution in [0.1, 0.15) is 42.7 Å². The molecule has 8 heteroatoms. The van der Waals surface area contributed by atoms with Crippen LogP contribution in [0.25, 0.3) is 0 Å². The highest BCUT2D eigenvalue weighted by Crippen LogP contribution is 2.21. The van der Waals surface area contributed by atoms with Crippen LogP contribution in [0.2, 0.25) is 0 Å². The van der Waals surface area contributed by atoms with Crippen LogP contribution in [-0.4, -0.2) is 58.5 Å². The molecule has 2 aromatic rings. The molecule has 2 aromatic carbocycles. The quantitative estimate of drug-likeness (QED) is 0.686. The number of sulfonamides is 1. The van der Waals surface area contributed by atoms with Crippen LogP contribution in [0.4, 0.5) is 5.69 Å². The zero-order valence-electron chi connectivity index (χ0n) is 18.6. The van der Waals surface area contributed by atoms with E-state index in [1.165, 1.54) is 30.0 Å². The molecule has 1 saturated heterocycles. The van der Waals surface area contributed by atoms with Crippen molar-refractivity contribution in [2.24, 2.45) is 0 Å². The lowest BCUT2D eigenvalue weighted by molar-refractivity contribution is 0.0940. The zero-order chi connectivity index (χ0) is 22.6. The smallest absolute Gasteiger partial charge is 0.251 e. The highest BCUT2D eigenvalue weighted by atomic mass is 32.2. The van der Waals surface area contributed by atoms with E-state index in [0.29, 0.717) is 5.56 Å². The molecule has 0 bridgehead atoms. The van der Waals surface area contributed by atoms with Gasteiger partial charge in [0.1, 0.15) is 0 Å². The number of hydrogen-bond acceptors (Lipinski definition) is 5. The number of hydrogen-bond donors (Lipinski definition) is 2. The van der Waals surface area contributed by atoms with E-state index in [0.717, 1.165) is 31.7 Å². The van der Waals surface area contributed by atoms with Crippen molar-refractivity contribution in [2.45, 2.75) is 37.8 Å². The fourth-order valence-electron chi connectivity index (χ4n) is 3.57. The molecule has 1 amide bonds. The summed E-state index contributed by atoms with van der Waals surface area (Å²) in [6.45, 7) is 9.61. The van der Waals surface area contributed by atoms with Gasteiger partial charge in [-0.05, 0) is 69.8 Å². The van der Waals surface area contributed by atoms with Crippen LogP contribution < -0.4 is 14.9 Å². The molecule has 1 aliphatic rings. The fraction of sp³-hybridized carbons (Fsp3) is 0.435. The number of carbonyl (C=O) groups is 1. The van der Waals surface area contributed by atoms with Crippen molar-refractivity contribution in [1.82, 2.24) is 14.9 Å². The van der Waals surface area contributed by atoms with E-state index in [1.54, 1.807) is 13.8 Å². The summed E-state index contributed by atoms with van der Waals surface area (Å²) in [4.78, 5) is 17.5. The third kappa shape index (κ3) is 6.06. The first-order valence-electron chi connectivity index (χ1n) is 10.6. The third-order valence-corrected chi connectivity index (χ3v) is 7.10. The molecule has 1 aliphatic heterocycles. The van der Waals surface area contributed by atoms with Crippen molar-refractivity contribution in [1.29, 1.82) is 0 Å². The van der Waals surface area contributed by atoms with Crippen molar-refractivity contribution < 1.29 is 13.2 Å². The lowest BCUT2D eigenvalue weighted by Gasteiger charge is -2.34. The largest absolute Gasteiger partial charge is 0.369 e. The highest BCUT2D eigenvalue weighted by Gasteiger charge is 2.18. The van der Waals surface area contributed by atoms with Crippen LogP contribution in [0.5, 0.6) is 0 Å². The molecule has 2 N–H and O–H groups in total. The molecule has 0 saturated carbocycles. The SMILES string of the molecule is CC(C)NS(=O)(=O)c1ccc(C(=O)NC(C)c2ccc(N3CCN(C)CC3)cc2)cc1. The van der Waals surface area contributed by atoms with Gasteiger partial charge in [-0.3, -0.25) is 4.79 Å². The number of piperazine rings is 1. The Morgan fingerprint density at radius 2 is 1.48 bits per heavy atom. The Hall–Kier alpha value is -2.42. The molecule has 1 unspecified atom stereocenters. The summed E-state index contributed by atoms with van der Waals surface area (Å²) in [6.07, 6.45) is 0. The van der Waals surface area contributed by atoms with E-state index in [2.05, 4.69) is 39.0 Å². The van der Waals surface area contributed by atoms with Crippen molar-refractivity contribution in [3.8, 4) is 0 Å². The number of nitrogens with one attached hydrogen (secondary N) is 2. The van der Waals surface area contributed by atoms with Crippen molar-refractivity contribution in [2.75, 3.05) is 38.1 Å². The standard InChI is InChI=1S/C23H32N4O3S/c1-17(2)25-31(29,30)22-11-7-20(8-12-22)23(28)24-18(3)19-5-9-21(10-6-19)27-15-13-26(4)14-16-27/h5-12,17-18,25H,13-16H2,1-4H3,(H,24,28). The normalized spacial score (nSPS) is 16.4. The van der Waals surface area contributed by atoms with Gasteiger partial charge in [0.2, 0.25) is 10.0 Å². The number of amides is 1. The van der Waals surface area contributed by atoms with Gasteiger partial charge in [0, 0.05) is 43.5 Å². The first kappa shape index (κ1) is 23.2. The van der Waals surface area contributed by atoms with Gasteiger partial charge in [0.25, 0.3) is 5.91 Å². The van der Waals surface area contributed by atoms with Gasteiger partial charge in [0.05, 0.1) is 10.9 Å². The highest BCUT2D eigenvalue weighted by molar-refractivity contribution is 7.89. The maximum Gasteiger partial charge on any atom is 0.251 e. The summed E-state index contributed by atoms with van der Waals surface area (Å²) in [5, 5.41) is 2.98. The lowest BCUT2D eigenvalue weighted by atomic mass is 10.1. The summed E-state index contributed by atoms with van der Waals surface area (Å²) in [5.74, 6) is -0.239. The number of likely N-dealkylation sites (N-methyl/N-ethyl adjacent to an activating group) is 1. The predicted octanol–water partition coefficient (Wildman–Crippen LogP) is 2.62. The topological polar surface area (TPSA) is 81.7 Å². The summed E-state index contributed by atoms with van der Waals surface area (Å²) in [6, 6.07) is 13.9. The van der Waals surface area contributed by atoms with Gasteiger partial charge in [-0.2, -0.15) is 0 Å². The Balaban J connectivity index is 1.61. The van der Waals surface area contributed by atoms with Crippen molar-refractivity contribution in [3.05, 3.63) is 59.7 Å². The number of rotatable bonds is 7. The minimum absolute atomic E-state index is 0.144. The Morgan fingerprint density at radius 3 is 2.03 bits per heavy atom. The van der Waals surface area contributed by atoms with Crippen molar-refractivity contribution >= 4 is 21.6 Å². The maximum atomic E-state index is 12.6. The Bertz CT molecular complexity index is 980. The molecule has 0 aliphatic carbocycles. The van der Waals surface area contributed by atoms with E-state index >= 15 is 0 Å². The first-order chi connectivity index (χ1) is 14.7. The molecule has 1 atom stereocenters. The van der Waals surface area contributed by atoms with Crippen LogP contribution in [0, 0.1) is 0 Å². The molecular formula is C23H32N4O3S. The van der Waals surface area contributed by atoms with Gasteiger partial charge in [-0.15, -0.1) is 0 Å². The van der Waals surface area contributed by atoms with Crippen LogP contribution >= 0.6 is 0 Å². The van der Waals surface area contributed by atoms with Crippen LogP contribution in [0.3, 0.4) is 0 Å². The summed E-state index contributed by atoms with van der Waals surface area (Å²) < 4.78 is 27.0. The zero-order valence-corrected chi connectivity index (χ0v) is 19.4. The van der Waals surface area contributed by atoms with E-state index < -0.39 is 10.0 Å². The molecule has 7 nitrogen and oxygen atoms in total. The van der Waals surface area contributed by atoms with E-state index in [9.17, 15) is 13.2 Å². The third-order valence-electron chi connectivity index (χ3n) is 5.43. The van der Waals surface area contributed by atoms with Crippen LogP contribution in [0.15, 0.2) is 53.4 Å². The monoisotopic (exact) mass is 444 g/mol. The molecule has 1 fully saturated rings. The predicted molar refractivity (Wildman–Crippen MR) is 124 cm³/mol. The first-order valence-corrected chi connectivity index (χ1v) is 12.1. The van der Waals surface area contributed by atoms with Gasteiger partial charge in [-0.1, -0.05) is 12.1 Å². The Morgan fingerprint density at radius 1 is 0.903 bits per heavy atom. The molecule has 0 spiro atoms. The van der Waals surface area contributed by atoms with E-state index in [4.69, 9.17) is 0 Å². The van der Waals surface area contributed by atoms with Gasteiger partial charge < -0.3 is 15.1 Å². The van der Waals surface area contributed by atoms with Gasteiger partial charge >= 0.3 is 0 Å². The molecule has 1 heterocycles. The average molecular weight is 445 g/mol. The Kier molecular flexibility index (Phi) is 7.35. The molecular weight excluding hydrogens is 412 g/mol.